The molecule has 2 aliphatic rings. The highest BCUT2D eigenvalue weighted by Gasteiger charge is 2.14. The summed E-state index contributed by atoms with van der Waals surface area (Å²) in [6.07, 6.45) is 8.87. The van der Waals surface area contributed by atoms with E-state index in [1.165, 1.54) is 58.4 Å². The predicted octanol–water partition coefficient (Wildman–Crippen LogP) is 2.30. The summed E-state index contributed by atoms with van der Waals surface area (Å²) in [5.41, 5.74) is 1.62. The van der Waals surface area contributed by atoms with E-state index in [1.54, 1.807) is 5.57 Å². The van der Waals surface area contributed by atoms with Gasteiger partial charge in [-0.05, 0) is 38.6 Å². The van der Waals surface area contributed by atoms with Crippen LogP contribution in [0.3, 0.4) is 0 Å². The molecule has 1 fully saturated rings. The molecule has 0 aromatic carbocycles. The Hall–Kier alpha value is -0.340. The molecule has 0 saturated carbocycles. The molecule has 6 heteroatoms. The van der Waals surface area contributed by atoms with Gasteiger partial charge in [0.05, 0.1) is 0 Å². The van der Waals surface area contributed by atoms with Gasteiger partial charge in [-0.1, -0.05) is 18.6 Å². The first-order valence-electron chi connectivity index (χ1n) is 9.39. The monoisotopic (exact) mass is 449 g/mol. The second kappa shape index (κ2) is 12.9. The van der Waals surface area contributed by atoms with Crippen molar-refractivity contribution in [1.82, 2.24) is 20.4 Å². The second-order valence-corrected chi connectivity index (χ2v) is 6.56. The quantitative estimate of drug-likeness (QED) is 0.271. The lowest BCUT2D eigenvalue weighted by Crippen LogP contribution is -2.49. The van der Waals surface area contributed by atoms with Gasteiger partial charge in [-0.3, -0.25) is 9.89 Å². The Morgan fingerprint density at radius 3 is 2.42 bits per heavy atom. The van der Waals surface area contributed by atoms with Crippen LogP contribution in [0.4, 0.5) is 0 Å². The Balaban J connectivity index is 0.00000288. The van der Waals surface area contributed by atoms with Crippen LogP contribution < -0.4 is 10.6 Å². The number of hydrogen-bond acceptors (Lipinski definition) is 3. The number of guanidine groups is 1. The number of rotatable bonds is 7. The van der Waals surface area contributed by atoms with E-state index >= 15 is 0 Å². The number of hydrogen-bond donors (Lipinski definition) is 2. The molecule has 0 radical (unpaired) electrons. The number of piperazine rings is 1. The molecule has 0 bridgehead atoms. The van der Waals surface area contributed by atoms with Crippen LogP contribution in [-0.4, -0.2) is 75.2 Å². The van der Waals surface area contributed by atoms with Crippen molar-refractivity contribution in [2.24, 2.45) is 4.99 Å². The van der Waals surface area contributed by atoms with E-state index in [9.17, 15) is 0 Å². The Morgan fingerprint density at radius 1 is 1.08 bits per heavy atom. The SMILES string of the molecule is CCN1CCN(CCNC(=NC)NCCC2=CCCCC2)CC1.I. The van der Waals surface area contributed by atoms with Crippen molar-refractivity contribution in [2.75, 3.05) is 59.4 Å². The van der Waals surface area contributed by atoms with E-state index in [0.717, 1.165) is 32.0 Å². The normalized spacial score (nSPS) is 20.2. The van der Waals surface area contributed by atoms with Crippen molar-refractivity contribution >= 4 is 29.9 Å². The van der Waals surface area contributed by atoms with E-state index in [0.29, 0.717) is 0 Å². The number of nitrogens with zero attached hydrogens (tertiary/aromatic N) is 3. The summed E-state index contributed by atoms with van der Waals surface area (Å²) in [7, 11) is 1.86. The van der Waals surface area contributed by atoms with Crippen molar-refractivity contribution in [3.05, 3.63) is 11.6 Å². The smallest absolute Gasteiger partial charge is 0.191 e. The third-order valence-corrected chi connectivity index (χ3v) is 4.98. The first kappa shape index (κ1) is 21.7. The molecule has 0 atom stereocenters. The van der Waals surface area contributed by atoms with E-state index in [2.05, 4.69) is 38.4 Å². The van der Waals surface area contributed by atoms with Gasteiger partial charge < -0.3 is 15.5 Å². The third-order valence-electron chi connectivity index (χ3n) is 4.98. The summed E-state index contributed by atoms with van der Waals surface area (Å²) >= 11 is 0. The zero-order valence-electron chi connectivity index (χ0n) is 15.5. The van der Waals surface area contributed by atoms with Gasteiger partial charge in [0.25, 0.3) is 0 Å². The highest BCUT2D eigenvalue weighted by atomic mass is 127. The van der Waals surface area contributed by atoms with E-state index in [-0.39, 0.29) is 24.0 Å². The van der Waals surface area contributed by atoms with Gasteiger partial charge in [-0.25, -0.2) is 0 Å². The van der Waals surface area contributed by atoms with Crippen molar-refractivity contribution in [2.45, 2.75) is 39.0 Å². The summed E-state index contributed by atoms with van der Waals surface area (Å²) in [6.45, 7) is 11.3. The van der Waals surface area contributed by atoms with Crippen LogP contribution in [0.2, 0.25) is 0 Å². The molecule has 0 aromatic heterocycles. The number of nitrogens with one attached hydrogen (secondary N) is 2. The average Bonchev–Trinajstić information content (AvgIpc) is 2.62. The van der Waals surface area contributed by atoms with Crippen LogP contribution in [0.1, 0.15) is 39.0 Å². The third kappa shape index (κ3) is 8.16. The molecule has 0 spiro atoms. The molecule has 1 aliphatic carbocycles. The summed E-state index contributed by atoms with van der Waals surface area (Å²) in [6, 6.07) is 0. The molecule has 0 aromatic rings. The molecule has 1 heterocycles. The molecular weight excluding hydrogens is 413 g/mol. The van der Waals surface area contributed by atoms with Gasteiger partial charge in [-0.15, -0.1) is 24.0 Å². The minimum absolute atomic E-state index is 0. The van der Waals surface area contributed by atoms with Crippen molar-refractivity contribution in [1.29, 1.82) is 0 Å². The number of likely N-dealkylation sites (N-methyl/N-ethyl adjacent to an activating group) is 1. The maximum atomic E-state index is 4.33. The predicted molar refractivity (Wildman–Crippen MR) is 115 cm³/mol. The Labute approximate surface area is 165 Å². The fourth-order valence-electron chi connectivity index (χ4n) is 3.36. The Bertz CT molecular complexity index is 389. The van der Waals surface area contributed by atoms with Crippen LogP contribution in [0.25, 0.3) is 0 Å². The average molecular weight is 449 g/mol. The second-order valence-electron chi connectivity index (χ2n) is 6.56. The molecule has 140 valence electrons. The van der Waals surface area contributed by atoms with E-state index in [1.807, 2.05) is 7.05 Å². The van der Waals surface area contributed by atoms with Gasteiger partial charge in [0.2, 0.25) is 0 Å². The lowest BCUT2D eigenvalue weighted by Gasteiger charge is -2.34. The highest BCUT2D eigenvalue weighted by Crippen LogP contribution is 2.19. The lowest BCUT2D eigenvalue weighted by molar-refractivity contribution is 0.139. The van der Waals surface area contributed by atoms with Gasteiger partial charge in [0.1, 0.15) is 0 Å². The van der Waals surface area contributed by atoms with Crippen LogP contribution >= 0.6 is 24.0 Å². The van der Waals surface area contributed by atoms with Gasteiger partial charge >= 0.3 is 0 Å². The van der Waals surface area contributed by atoms with Gasteiger partial charge in [0, 0.05) is 52.9 Å². The number of aliphatic imine (C=N–C) groups is 1. The molecule has 2 N–H and O–H groups in total. The molecule has 1 saturated heterocycles. The Kier molecular flexibility index (Phi) is 11.7. The summed E-state index contributed by atoms with van der Waals surface area (Å²) < 4.78 is 0. The fourth-order valence-corrected chi connectivity index (χ4v) is 3.36. The standard InChI is InChI=1S/C18H35N5.HI/c1-3-22-13-15-23(16-14-22)12-11-21-18(19-2)20-10-9-17-7-5-4-6-8-17;/h7H,3-6,8-16H2,1-2H3,(H2,19,20,21);1H. The van der Waals surface area contributed by atoms with Crippen LogP contribution in [0, 0.1) is 0 Å². The molecule has 2 rings (SSSR count). The molecule has 24 heavy (non-hydrogen) atoms. The molecule has 1 aliphatic heterocycles. The zero-order valence-corrected chi connectivity index (χ0v) is 17.8. The fraction of sp³-hybridized carbons (Fsp3) is 0.833. The topological polar surface area (TPSA) is 42.9 Å². The lowest BCUT2D eigenvalue weighted by atomic mass is 9.97. The molecule has 0 unspecified atom stereocenters. The van der Waals surface area contributed by atoms with E-state index in [4.69, 9.17) is 0 Å². The Morgan fingerprint density at radius 2 is 1.79 bits per heavy atom. The largest absolute Gasteiger partial charge is 0.356 e. The number of allylic oxidation sites excluding steroid dienone is 1. The minimum atomic E-state index is 0. The summed E-state index contributed by atoms with van der Waals surface area (Å²) in [5.74, 6) is 0.939. The van der Waals surface area contributed by atoms with Crippen molar-refractivity contribution in [3.8, 4) is 0 Å². The van der Waals surface area contributed by atoms with Crippen LogP contribution in [0.15, 0.2) is 16.6 Å². The van der Waals surface area contributed by atoms with E-state index < -0.39 is 0 Å². The maximum absolute atomic E-state index is 4.33. The number of halogens is 1. The zero-order chi connectivity index (χ0) is 16.3. The van der Waals surface area contributed by atoms with Gasteiger partial charge in [-0.2, -0.15) is 0 Å². The van der Waals surface area contributed by atoms with Crippen LogP contribution in [0.5, 0.6) is 0 Å². The molecular formula is C18H36IN5. The highest BCUT2D eigenvalue weighted by molar-refractivity contribution is 14.0. The van der Waals surface area contributed by atoms with Crippen molar-refractivity contribution < 1.29 is 0 Å². The summed E-state index contributed by atoms with van der Waals surface area (Å²) in [4.78, 5) is 9.39. The van der Waals surface area contributed by atoms with Crippen molar-refractivity contribution in [3.63, 3.8) is 0 Å². The molecule has 5 nitrogen and oxygen atoms in total. The van der Waals surface area contributed by atoms with Gasteiger partial charge in [0.15, 0.2) is 5.96 Å². The summed E-state index contributed by atoms with van der Waals surface area (Å²) in [5, 5.41) is 6.89. The first-order valence-corrected chi connectivity index (χ1v) is 9.39. The first-order chi connectivity index (χ1) is 11.3. The van der Waals surface area contributed by atoms with Crippen LogP contribution in [-0.2, 0) is 0 Å². The molecule has 0 amide bonds. The minimum Gasteiger partial charge on any atom is -0.356 e. The maximum Gasteiger partial charge on any atom is 0.191 e.